The molecule has 0 aliphatic heterocycles. The fourth-order valence-corrected chi connectivity index (χ4v) is 2.43. The molecular weight excluding hydrogens is 247 g/mol. The molecule has 0 N–H and O–H groups in total. The second-order valence-corrected chi connectivity index (χ2v) is 5.03. The second kappa shape index (κ2) is 5.83. The van der Waals surface area contributed by atoms with Gasteiger partial charge in [0.1, 0.15) is 5.82 Å². The van der Waals surface area contributed by atoms with E-state index in [1.54, 1.807) is 12.1 Å². The summed E-state index contributed by atoms with van der Waals surface area (Å²) in [6.07, 6.45) is 0. The third kappa shape index (κ3) is 3.20. The lowest BCUT2D eigenvalue weighted by molar-refractivity contribution is 0.102. The Hall–Kier alpha value is -1.61. The molecule has 0 amide bonds. The van der Waals surface area contributed by atoms with Crippen LogP contribution in [0.4, 0.5) is 4.39 Å². The summed E-state index contributed by atoms with van der Waals surface area (Å²) < 4.78 is 12.7. The number of carbonyl (C=O) groups excluding carboxylic acids is 1. The van der Waals surface area contributed by atoms with Gasteiger partial charge >= 0.3 is 0 Å². The molecule has 0 atom stereocenters. The zero-order valence-corrected chi connectivity index (χ0v) is 10.8. The molecule has 3 heteroatoms. The summed E-state index contributed by atoms with van der Waals surface area (Å²) in [5.41, 5.74) is 1.74. The molecule has 0 aliphatic carbocycles. The lowest BCUT2D eigenvalue weighted by Crippen LogP contribution is -2.04. The number of Topliss-reactive ketones (excluding diaryl/α,β-unsaturated/α-hetero) is 1. The van der Waals surface area contributed by atoms with Gasteiger partial charge in [0.25, 0.3) is 0 Å². The fraction of sp³-hybridized carbons (Fsp3) is 0.133. The van der Waals surface area contributed by atoms with Crippen molar-refractivity contribution in [3.63, 3.8) is 0 Å². The maximum Gasteiger partial charge on any atom is 0.173 e. The molecule has 92 valence electrons. The van der Waals surface area contributed by atoms with E-state index in [0.29, 0.717) is 5.75 Å². The Morgan fingerprint density at radius 1 is 1.11 bits per heavy atom. The van der Waals surface area contributed by atoms with Crippen molar-refractivity contribution in [3.8, 4) is 0 Å². The summed E-state index contributed by atoms with van der Waals surface area (Å²) in [7, 11) is 0. The van der Waals surface area contributed by atoms with Crippen LogP contribution in [0.15, 0.2) is 53.4 Å². The van der Waals surface area contributed by atoms with E-state index in [1.807, 2.05) is 31.2 Å². The van der Waals surface area contributed by atoms with E-state index in [0.717, 1.165) is 16.0 Å². The number of hydrogen-bond acceptors (Lipinski definition) is 2. The molecule has 0 aromatic heterocycles. The third-order valence-electron chi connectivity index (χ3n) is 2.63. The van der Waals surface area contributed by atoms with Gasteiger partial charge in [-0.15, -0.1) is 11.8 Å². The molecule has 0 spiro atoms. The van der Waals surface area contributed by atoms with Gasteiger partial charge in [-0.25, -0.2) is 4.39 Å². The van der Waals surface area contributed by atoms with Gasteiger partial charge in [0.05, 0.1) is 5.75 Å². The van der Waals surface area contributed by atoms with Crippen LogP contribution >= 0.6 is 11.8 Å². The number of rotatable bonds is 4. The van der Waals surface area contributed by atoms with Crippen LogP contribution in [0.5, 0.6) is 0 Å². The van der Waals surface area contributed by atoms with Crippen LogP contribution in [0.2, 0.25) is 0 Å². The Labute approximate surface area is 110 Å². The number of carbonyl (C=O) groups is 1. The van der Waals surface area contributed by atoms with Gasteiger partial charge in [0.15, 0.2) is 5.78 Å². The minimum atomic E-state index is -0.260. The summed E-state index contributed by atoms with van der Waals surface area (Å²) in [5.74, 6) is 0.211. The Balaban J connectivity index is 2.01. The minimum absolute atomic E-state index is 0.0995. The van der Waals surface area contributed by atoms with Crippen molar-refractivity contribution in [2.24, 2.45) is 0 Å². The smallest absolute Gasteiger partial charge is 0.173 e. The van der Waals surface area contributed by atoms with Crippen molar-refractivity contribution in [3.05, 3.63) is 65.5 Å². The second-order valence-electron chi connectivity index (χ2n) is 3.98. The number of halogens is 1. The normalized spacial score (nSPS) is 10.3. The monoisotopic (exact) mass is 260 g/mol. The van der Waals surface area contributed by atoms with Gasteiger partial charge in [-0.1, -0.05) is 24.3 Å². The predicted molar refractivity (Wildman–Crippen MR) is 72.6 cm³/mol. The molecule has 2 aromatic carbocycles. The number of benzene rings is 2. The highest BCUT2D eigenvalue weighted by atomic mass is 32.2. The average molecular weight is 260 g/mol. The van der Waals surface area contributed by atoms with E-state index in [-0.39, 0.29) is 11.6 Å². The fourth-order valence-electron chi connectivity index (χ4n) is 1.64. The van der Waals surface area contributed by atoms with Crippen LogP contribution in [0.3, 0.4) is 0 Å². The number of aryl methyl sites for hydroxylation is 1. The molecule has 0 bridgehead atoms. The van der Waals surface area contributed by atoms with Crippen LogP contribution in [0.1, 0.15) is 15.9 Å². The molecule has 2 aromatic rings. The first-order valence-corrected chi connectivity index (χ1v) is 6.62. The van der Waals surface area contributed by atoms with Gasteiger partial charge in [-0.3, -0.25) is 4.79 Å². The maximum atomic E-state index is 12.7. The van der Waals surface area contributed by atoms with E-state index in [2.05, 4.69) is 0 Å². The molecule has 0 aliphatic rings. The summed E-state index contributed by atoms with van der Waals surface area (Å²) in [6, 6.07) is 13.7. The SMILES string of the molecule is Cc1ccccc1C(=O)CSc1ccc(F)cc1. The number of hydrogen-bond donors (Lipinski definition) is 0. The first kappa shape index (κ1) is 12.8. The molecule has 18 heavy (non-hydrogen) atoms. The summed E-state index contributed by atoms with van der Waals surface area (Å²) in [6.45, 7) is 1.93. The van der Waals surface area contributed by atoms with E-state index >= 15 is 0 Å². The Morgan fingerprint density at radius 3 is 2.44 bits per heavy atom. The molecular formula is C15H13FOS. The van der Waals surface area contributed by atoms with Crippen molar-refractivity contribution in [1.82, 2.24) is 0 Å². The van der Waals surface area contributed by atoms with E-state index < -0.39 is 0 Å². The molecule has 0 fully saturated rings. The lowest BCUT2D eigenvalue weighted by atomic mass is 10.1. The van der Waals surface area contributed by atoms with E-state index in [9.17, 15) is 9.18 Å². The number of ketones is 1. The van der Waals surface area contributed by atoms with Crippen LogP contribution in [0.25, 0.3) is 0 Å². The van der Waals surface area contributed by atoms with Crippen molar-refractivity contribution >= 4 is 17.5 Å². The van der Waals surface area contributed by atoms with Crippen molar-refractivity contribution in [1.29, 1.82) is 0 Å². The van der Waals surface area contributed by atoms with Crippen LogP contribution in [0, 0.1) is 12.7 Å². The first-order chi connectivity index (χ1) is 8.66. The largest absolute Gasteiger partial charge is 0.293 e. The predicted octanol–water partition coefficient (Wildman–Crippen LogP) is 4.11. The van der Waals surface area contributed by atoms with Crippen LogP contribution in [-0.2, 0) is 0 Å². The number of thioether (sulfide) groups is 1. The molecule has 0 saturated carbocycles. The first-order valence-electron chi connectivity index (χ1n) is 5.64. The van der Waals surface area contributed by atoms with Crippen LogP contribution in [-0.4, -0.2) is 11.5 Å². The molecule has 1 nitrogen and oxygen atoms in total. The van der Waals surface area contributed by atoms with Gasteiger partial charge in [-0.05, 0) is 36.8 Å². The maximum absolute atomic E-state index is 12.7. The van der Waals surface area contributed by atoms with E-state index in [1.165, 1.54) is 23.9 Å². The summed E-state index contributed by atoms with van der Waals surface area (Å²) in [5, 5.41) is 0. The Morgan fingerprint density at radius 2 is 1.78 bits per heavy atom. The minimum Gasteiger partial charge on any atom is -0.293 e. The standard InChI is InChI=1S/C15H13FOS/c1-11-4-2-3-5-14(11)15(17)10-18-13-8-6-12(16)7-9-13/h2-9H,10H2,1H3. The molecule has 2 rings (SSSR count). The van der Waals surface area contributed by atoms with Gasteiger partial charge in [0.2, 0.25) is 0 Å². The van der Waals surface area contributed by atoms with E-state index in [4.69, 9.17) is 0 Å². The van der Waals surface area contributed by atoms with Crippen molar-refractivity contribution < 1.29 is 9.18 Å². The highest BCUT2D eigenvalue weighted by Crippen LogP contribution is 2.20. The molecule has 0 heterocycles. The zero-order valence-electron chi connectivity index (χ0n) is 10.0. The van der Waals surface area contributed by atoms with Gasteiger partial charge in [0, 0.05) is 10.5 Å². The van der Waals surface area contributed by atoms with Crippen molar-refractivity contribution in [2.75, 3.05) is 5.75 Å². The third-order valence-corrected chi connectivity index (χ3v) is 3.64. The Kier molecular flexibility index (Phi) is 4.15. The topological polar surface area (TPSA) is 17.1 Å². The van der Waals surface area contributed by atoms with Crippen molar-refractivity contribution in [2.45, 2.75) is 11.8 Å². The summed E-state index contributed by atoms with van der Waals surface area (Å²) in [4.78, 5) is 12.9. The van der Waals surface area contributed by atoms with Gasteiger partial charge < -0.3 is 0 Å². The lowest BCUT2D eigenvalue weighted by Gasteiger charge is -2.04. The van der Waals surface area contributed by atoms with Crippen LogP contribution < -0.4 is 0 Å². The molecule has 0 radical (unpaired) electrons. The Bertz CT molecular complexity index is 549. The summed E-state index contributed by atoms with van der Waals surface area (Å²) >= 11 is 1.42. The zero-order chi connectivity index (χ0) is 13.0. The highest BCUT2D eigenvalue weighted by Gasteiger charge is 2.08. The van der Waals surface area contributed by atoms with Gasteiger partial charge in [-0.2, -0.15) is 0 Å². The highest BCUT2D eigenvalue weighted by molar-refractivity contribution is 8.00. The average Bonchev–Trinajstić information content (AvgIpc) is 2.38. The quantitative estimate of drug-likeness (QED) is 0.608. The molecule has 0 unspecified atom stereocenters. The molecule has 0 saturated heterocycles.